The highest BCUT2D eigenvalue weighted by Crippen LogP contribution is 2.17. The number of thiocarbonyl (C=S) groups is 1. The lowest BCUT2D eigenvalue weighted by molar-refractivity contribution is -0.384. The summed E-state index contributed by atoms with van der Waals surface area (Å²) in [7, 11) is 0. The molecule has 0 radical (unpaired) electrons. The molecule has 0 spiro atoms. The minimum atomic E-state index is -0.567. The minimum Gasteiger partial charge on any atom is -0.494 e. The third-order valence-corrected chi connectivity index (χ3v) is 4.24. The van der Waals surface area contributed by atoms with E-state index in [1.165, 1.54) is 24.3 Å². The molecule has 0 bridgehead atoms. The molecule has 0 atom stereocenters. The second-order valence-corrected chi connectivity index (χ2v) is 7.46. The molecule has 2 amide bonds. The molecule has 0 aliphatic rings. The van der Waals surface area contributed by atoms with Crippen LogP contribution in [0.15, 0.2) is 48.5 Å². The van der Waals surface area contributed by atoms with Crippen LogP contribution in [-0.2, 0) is 4.79 Å². The first-order valence-corrected chi connectivity index (χ1v) is 10.2. The Bertz CT molecular complexity index is 948. The van der Waals surface area contributed by atoms with Crippen molar-refractivity contribution < 1.29 is 24.0 Å². The zero-order valence-electron chi connectivity index (χ0n) is 17.6. The van der Waals surface area contributed by atoms with E-state index in [9.17, 15) is 19.7 Å². The Morgan fingerprint density at radius 2 is 1.59 bits per heavy atom. The van der Waals surface area contributed by atoms with Gasteiger partial charge in [0.1, 0.15) is 11.5 Å². The second-order valence-electron chi connectivity index (χ2n) is 7.05. The number of carbonyl (C=O) groups excluding carboxylic acids is 2. The van der Waals surface area contributed by atoms with Gasteiger partial charge in [-0.1, -0.05) is 13.8 Å². The van der Waals surface area contributed by atoms with Crippen LogP contribution in [0, 0.1) is 16.0 Å². The van der Waals surface area contributed by atoms with Gasteiger partial charge in [0.25, 0.3) is 17.5 Å². The van der Waals surface area contributed by atoms with E-state index in [0.717, 1.165) is 6.42 Å². The summed E-state index contributed by atoms with van der Waals surface area (Å²) >= 11 is 4.99. The molecule has 0 aliphatic heterocycles. The number of amides is 2. The smallest absolute Gasteiger partial charge is 0.276 e. The van der Waals surface area contributed by atoms with Crippen LogP contribution >= 0.6 is 12.2 Å². The van der Waals surface area contributed by atoms with E-state index in [1.54, 1.807) is 24.3 Å². The fraction of sp³-hybridized carbons (Fsp3) is 0.286. The van der Waals surface area contributed by atoms with Gasteiger partial charge in [-0.15, -0.1) is 0 Å². The van der Waals surface area contributed by atoms with Crippen LogP contribution in [0.2, 0.25) is 0 Å². The van der Waals surface area contributed by atoms with Gasteiger partial charge in [0.15, 0.2) is 11.7 Å². The molecular formula is C21H24N4O6S. The fourth-order valence-electron chi connectivity index (χ4n) is 2.30. The molecule has 0 heterocycles. The Balaban J connectivity index is 1.70. The molecule has 3 N–H and O–H groups in total. The molecule has 2 aromatic rings. The van der Waals surface area contributed by atoms with Gasteiger partial charge in [-0.05, 0) is 61.0 Å². The number of nitro benzene ring substituents is 1. The number of nitrogens with zero attached hydrogens (tertiary/aromatic N) is 1. The van der Waals surface area contributed by atoms with Crippen molar-refractivity contribution in [1.29, 1.82) is 0 Å². The summed E-state index contributed by atoms with van der Waals surface area (Å²) in [6.07, 6.45) is 0.937. The van der Waals surface area contributed by atoms with E-state index in [-0.39, 0.29) is 17.4 Å². The number of hydrazine groups is 1. The minimum absolute atomic E-state index is 0.0853. The summed E-state index contributed by atoms with van der Waals surface area (Å²) in [4.78, 5) is 34.1. The molecule has 0 aliphatic carbocycles. The van der Waals surface area contributed by atoms with Gasteiger partial charge in [-0.25, -0.2) is 0 Å². The number of ether oxygens (including phenoxy) is 2. The second kappa shape index (κ2) is 12.2. The zero-order chi connectivity index (χ0) is 23.5. The number of hydrogen-bond acceptors (Lipinski definition) is 7. The number of benzene rings is 2. The van der Waals surface area contributed by atoms with Crippen molar-refractivity contribution in [2.75, 3.05) is 13.2 Å². The van der Waals surface area contributed by atoms with Crippen LogP contribution < -0.4 is 25.6 Å². The molecular weight excluding hydrogens is 436 g/mol. The molecule has 0 unspecified atom stereocenters. The lowest BCUT2D eigenvalue weighted by Gasteiger charge is -2.12. The molecule has 32 heavy (non-hydrogen) atoms. The molecule has 2 rings (SSSR count). The van der Waals surface area contributed by atoms with Crippen LogP contribution in [0.1, 0.15) is 30.6 Å². The lowest BCUT2D eigenvalue weighted by Crippen LogP contribution is -2.49. The van der Waals surface area contributed by atoms with Gasteiger partial charge in [-0.3, -0.25) is 35.9 Å². The number of nitro groups is 1. The van der Waals surface area contributed by atoms with Crippen LogP contribution in [-0.4, -0.2) is 35.1 Å². The Morgan fingerprint density at radius 1 is 1.00 bits per heavy atom. The highest BCUT2D eigenvalue weighted by Gasteiger charge is 2.10. The summed E-state index contributed by atoms with van der Waals surface area (Å²) in [5, 5.41) is 13.0. The first-order chi connectivity index (χ1) is 15.2. The highest BCUT2D eigenvalue weighted by atomic mass is 32.1. The van der Waals surface area contributed by atoms with Gasteiger partial charge in [-0.2, -0.15) is 0 Å². The summed E-state index contributed by atoms with van der Waals surface area (Å²) in [6.45, 7) is 4.47. The third-order valence-electron chi connectivity index (χ3n) is 4.04. The number of carbonyl (C=O) groups is 2. The molecule has 2 aromatic carbocycles. The third kappa shape index (κ3) is 8.56. The predicted octanol–water partition coefficient (Wildman–Crippen LogP) is 2.73. The summed E-state index contributed by atoms with van der Waals surface area (Å²) in [6, 6.07) is 11.9. The van der Waals surface area contributed by atoms with Gasteiger partial charge in [0.05, 0.1) is 11.5 Å². The van der Waals surface area contributed by atoms with Crippen molar-refractivity contribution >= 4 is 34.8 Å². The van der Waals surface area contributed by atoms with Gasteiger partial charge >= 0.3 is 0 Å². The highest BCUT2D eigenvalue weighted by molar-refractivity contribution is 7.80. The summed E-state index contributed by atoms with van der Waals surface area (Å²) < 4.78 is 10.8. The summed E-state index contributed by atoms with van der Waals surface area (Å²) in [5.74, 6) is 0.486. The molecule has 0 saturated heterocycles. The topological polar surface area (TPSA) is 132 Å². The molecule has 10 nitrogen and oxygen atoms in total. The zero-order valence-corrected chi connectivity index (χ0v) is 18.4. The van der Waals surface area contributed by atoms with Crippen LogP contribution in [0.4, 0.5) is 5.69 Å². The van der Waals surface area contributed by atoms with Crippen molar-refractivity contribution in [2.24, 2.45) is 5.92 Å². The fourth-order valence-corrected chi connectivity index (χ4v) is 2.44. The standard InChI is InChI=1S/C21H24N4O6S/c1-14(2)11-12-30-17-7-3-15(4-8-17)20(27)22-21(32)24-23-19(26)13-31-18-9-5-16(6-10-18)25(28)29/h3-10,14H,11-13H2,1-2H3,(H,23,26)(H2,22,24,27,32). The number of rotatable bonds is 9. The average molecular weight is 461 g/mol. The van der Waals surface area contributed by atoms with Gasteiger partial charge < -0.3 is 9.47 Å². The molecule has 0 aromatic heterocycles. The Labute approximate surface area is 190 Å². The Morgan fingerprint density at radius 3 is 2.19 bits per heavy atom. The Kier molecular flexibility index (Phi) is 9.36. The van der Waals surface area contributed by atoms with Crippen molar-refractivity contribution in [3.05, 3.63) is 64.2 Å². The van der Waals surface area contributed by atoms with Crippen molar-refractivity contribution in [3.63, 3.8) is 0 Å². The van der Waals surface area contributed by atoms with Crippen LogP contribution in [0.5, 0.6) is 11.5 Å². The maximum Gasteiger partial charge on any atom is 0.276 e. The molecule has 0 saturated carbocycles. The van der Waals surface area contributed by atoms with Crippen molar-refractivity contribution in [2.45, 2.75) is 20.3 Å². The monoisotopic (exact) mass is 460 g/mol. The van der Waals surface area contributed by atoms with E-state index in [4.69, 9.17) is 21.7 Å². The number of hydrogen-bond donors (Lipinski definition) is 3. The van der Waals surface area contributed by atoms with E-state index in [1.807, 2.05) is 0 Å². The molecule has 0 fully saturated rings. The van der Waals surface area contributed by atoms with Crippen LogP contribution in [0.25, 0.3) is 0 Å². The van der Waals surface area contributed by atoms with E-state index in [2.05, 4.69) is 30.0 Å². The predicted molar refractivity (Wildman–Crippen MR) is 121 cm³/mol. The normalized spacial score (nSPS) is 10.2. The SMILES string of the molecule is CC(C)CCOc1ccc(C(=O)NC(=S)NNC(=O)COc2ccc([N+](=O)[O-])cc2)cc1. The lowest BCUT2D eigenvalue weighted by atomic mass is 10.1. The average Bonchev–Trinajstić information content (AvgIpc) is 2.76. The summed E-state index contributed by atoms with van der Waals surface area (Å²) in [5.41, 5.74) is 4.97. The van der Waals surface area contributed by atoms with Gasteiger partial charge in [0.2, 0.25) is 0 Å². The van der Waals surface area contributed by atoms with Crippen molar-refractivity contribution in [1.82, 2.24) is 16.2 Å². The first-order valence-electron chi connectivity index (χ1n) is 9.75. The largest absolute Gasteiger partial charge is 0.494 e. The van der Waals surface area contributed by atoms with E-state index in [0.29, 0.717) is 29.6 Å². The maximum absolute atomic E-state index is 12.2. The number of non-ortho nitro benzene ring substituents is 1. The van der Waals surface area contributed by atoms with E-state index < -0.39 is 16.7 Å². The van der Waals surface area contributed by atoms with E-state index >= 15 is 0 Å². The quantitative estimate of drug-likeness (QED) is 0.296. The van der Waals surface area contributed by atoms with Crippen LogP contribution in [0.3, 0.4) is 0 Å². The number of nitrogens with one attached hydrogen (secondary N) is 3. The first kappa shape index (κ1) is 24.5. The Hall–Kier alpha value is -3.73. The van der Waals surface area contributed by atoms with Crippen molar-refractivity contribution in [3.8, 4) is 11.5 Å². The molecule has 11 heteroatoms. The molecule has 170 valence electrons. The maximum atomic E-state index is 12.2. The van der Waals surface area contributed by atoms with Gasteiger partial charge in [0, 0.05) is 17.7 Å².